The van der Waals surface area contributed by atoms with Crippen LogP contribution in [0.5, 0.6) is 0 Å². The quantitative estimate of drug-likeness (QED) is 0.740. The number of benzene rings is 1. The van der Waals surface area contributed by atoms with Gasteiger partial charge >= 0.3 is 0 Å². The molecule has 2 unspecified atom stereocenters. The minimum absolute atomic E-state index is 0.0387. The molecule has 2 rings (SSSR count). The second kappa shape index (κ2) is 5.33. The monoisotopic (exact) mass is 270 g/mol. The average Bonchev–Trinajstić information content (AvgIpc) is 2.39. The Morgan fingerprint density at radius 3 is 2.84 bits per heavy atom. The standard InChI is InChI=1S/C14H20F2N2O/c1-9-3-2-6-14(7-9,8-19)18-13-11(17)5-4-10(15)12(13)16/h4-5,9,18-19H,2-3,6-8,17H2,1H3. The highest BCUT2D eigenvalue weighted by molar-refractivity contribution is 5.68. The van der Waals surface area contributed by atoms with E-state index in [-0.39, 0.29) is 18.0 Å². The molecule has 0 amide bonds. The van der Waals surface area contributed by atoms with Crippen LogP contribution in [-0.2, 0) is 0 Å². The van der Waals surface area contributed by atoms with Crippen molar-refractivity contribution in [1.82, 2.24) is 0 Å². The minimum atomic E-state index is -0.981. The minimum Gasteiger partial charge on any atom is -0.397 e. The molecule has 1 aliphatic rings. The fourth-order valence-electron chi connectivity index (χ4n) is 2.91. The van der Waals surface area contributed by atoms with Gasteiger partial charge in [-0.25, -0.2) is 8.78 Å². The maximum Gasteiger partial charge on any atom is 0.183 e. The molecule has 1 aliphatic carbocycles. The largest absolute Gasteiger partial charge is 0.397 e. The summed E-state index contributed by atoms with van der Waals surface area (Å²) < 4.78 is 27.1. The molecule has 1 aromatic carbocycles. The fourth-order valence-corrected chi connectivity index (χ4v) is 2.91. The highest BCUT2D eigenvalue weighted by Gasteiger charge is 2.35. The van der Waals surface area contributed by atoms with Gasteiger partial charge in [0.05, 0.1) is 23.5 Å². The van der Waals surface area contributed by atoms with Gasteiger partial charge in [-0.2, -0.15) is 0 Å². The maximum atomic E-state index is 13.8. The molecule has 4 N–H and O–H groups in total. The SMILES string of the molecule is CC1CCCC(CO)(Nc2c(N)ccc(F)c2F)C1. The Bertz CT molecular complexity index is 467. The van der Waals surface area contributed by atoms with Crippen LogP contribution in [0, 0.1) is 17.6 Å². The van der Waals surface area contributed by atoms with Crippen LogP contribution in [0.2, 0.25) is 0 Å². The molecular formula is C14H20F2N2O. The van der Waals surface area contributed by atoms with E-state index in [2.05, 4.69) is 12.2 Å². The van der Waals surface area contributed by atoms with Crippen LogP contribution in [0.3, 0.4) is 0 Å². The number of nitrogens with one attached hydrogen (secondary N) is 1. The van der Waals surface area contributed by atoms with E-state index >= 15 is 0 Å². The summed E-state index contributed by atoms with van der Waals surface area (Å²) in [6, 6.07) is 2.34. The molecule has 106 valence electrons. The summed E-state index contributed by atoms with van der Waals surface area (Å²) in [5.74, 6) is -1.48. The van der Waals surface area contributed by atoms with Crippen molar-refractivity contribution >= 4 is 11.4 Å². The number of hydrogen-bond donors (Lipinski definition) is 3. The first kappa shape index (κ1) is 14.1. The van der Waals surface area contributed by atoms with Crippen molar-refractivity contribution in [2.24, 2.45) is 5.92 Å². The van der Waals surface area contributed by atoms with Crippen LogP contribution < -0.4 is 11.1 Å². The van der Waals surface area contributed by atoms with Crippen LogP contribution >= 0.6 is 0 Å². The predicted molar refractivity (Wildman–Crippen MR) is 71.8 cm³/mol. The Balaban J connectivity index is 2.30. The molecule has 1 saturated carbocycles. The van der Waals surface area contributed by atoms with E-state index < -0.39 is 17.2 Å². The molecule has 3 nitrogen and oxygen atoms in total. The van der Waals surface area contributed by atoms with Crippen LogP contribution in [0.1, 0.15) is 32.6 Å². The van der Waals surface area contributed by atoms with Gasteiger partial charge in [0.25, 0.3) is 0 Å². The maximum absolute atomic E-state index is 13.8. The van der Waals surface area contributed by atoms with Gasteiger partial charge in [0.1, 0.15) is 0 Å². The number of aliphatic hydroxyl groups excluding tert-OH is 1. The van der Waals surface area contributed by atoms with Gasteiger partial charge in [-0.3, -0.25) is 0 Å². The fraction of sp³-hybridized carbons (Fsp3) is 0.571. The number of aliphatic hydroxyl groups is 1. The number of hydrogen-bond acceptors (Lipinski definition) is 3. The topological polar surface area (TPSA) is 58.3 Å². The van der Waals surface area contributed by atoms with Crippen LogP contribution in [0.4, 0.5) is 20.2 Å². The Morgan fingerprint density at radius 1 is 1.47 bits per heavy atom. The summed E-state index contributed by atoms with van der Waals surface area (Å²) in [5.41, 5.74) is 5.21. The van der Waals surface area contributed by atoms with Gasteiger partial charge in [-0.15, -0.1) is 0 Å². The van der Waals surface area contributed by atoms with Crippen molar-refractivity contribution in [2.45, 2.75) is 38.1 Å². The first-order valence-electron chi connectivity index (χ1n) is 6.60. The second-order valence-electron chi connectivity index (χ2n) is 5.59. The number of anilines is 2. The summed E-state index contributed by atoms with van der Waals surface area (Å²) >= 11 is 0. The number of nitrogen functional groups attached to an aromatic ring is 1. The highest BCUT2D eigenvalue weighted by Crippen LogP contribution is 2.37. The lowest BCUT2D eigenvalue weighted by Gasteiger charge is -2.40. The summed E-state index contributed by atoms with van der Waals surface area (Å²) in [7, 11) is 0. The first-order chi connectivity index (χ1) is 8.97. The zero-order valence-electron chi connectivity index (χ0n) is 11.0. The Kier molecular flexibility index (Phi) is 3.94. The third-order valence-corrected chi connectivity index (χ3v) is 3.91. The predicted octanol–water partition coefficient (Wildman–Crippen LogP) is 2.90. The molecule has 0 radical (unpaired) electrons. The normalized spacial score (nSPS) is 27.3. The van der Waals surface area contributed by atoms with Crippen LogP contribution in [0.15, 0.2) is 12.1 Å². The molecule has 0 saturated heterocycles. The van der Waals surface area contributed by atoms with E-state index in [9.17, 15) is 13.9 Å². The number of halogens is 2. The molecule has 19 heavy (non-hydrogen) atoms. The van der Waals surface area contributed by atoms with Gasteiger partial charge in [0.15, 0.2) is 11.6 Å². The molecule has 2 atom stereocenters. The summed E-state index contributed by atoms with van der Waals surface area (Å²) in [4.78, 5) is 0. The van der Waals surface area contributed by atoms with E-state index in [1.165, 1.54) is 6.07 Å². The lowest BCUT2D eigenvalue weighted by Crippen LogP contribution is -2.46. The third-order valence-electron chi connectivity index (χ3n) is 3.91. The Morgan fingerprint density at radius 2 is 2.21 bits per heavy atom. The van der Waals surface area contributed by atoms with Crippen molar-refractivity contribution in [3.63, 3.8) is 0 Å². The molecule has 0 bridgehead atoms. The number of rotatable bonds is 3. The van der Waals surface area contributed by atoms with E-state index in [1.54, 1.807) is 0 Å². The van der Waals surface area contributed by atoms with E-state index in [4.69, 9.17) is 5.73 Å². The molecule has 1 aromatic rings. The lowest BCUT2D eigenvalue weighted by molar-refractivity contribution is 0.149. The van der Waals surface area contributed by atoms with Crippen molar-refractivity contribution in [1.29, 1.82) is 0 Å². The van der Waals surface area contributed by atoms with Gasteiger partial charge in [-0.1, -0.05) is 19.8 Å². The molecule has 1 fully saturated rings. The van der Waals surface area contributed by atoms with E-state index in [1.807, 2.05) is 0 Å². The first-order valence-corrected chi connectivity index (χ1v) is 6.60. The Labute approximate surface area is 111 Å². The van der Waals surface area contributed by atoms with Crippen LogP contribution in [-0.4, -0.2) is 17.3 Å². The molecule has 0 heterocycles. The van der Waals surface area contributed by atoms with Crippen molar-refractivity contribution < 1.29 is 13.9 Å². The molecule has 0 aromatic heterocycles. The molecule has 0 spiro atoms. The smallest absolute Gasteiger partial charge is 0.183 e. The van der Waals surface area contributed by atoms with Gasteiger partial charge in [-0.05, 0) is 30.9 Å². The van der Waals surface area contributed by atoms with E-state index in [0.29, 0.717) is 5.92 Å². The van der Waals surface area contributed by atoms with Gasteiger partial charge in [0, 0.05) is 0 Å². The molecule has 0 aliphatic heterocycles. The summed E-state index contributed by atoms with van der Waals surface area (Å²) in [5, 5.41) is 12.6. The summed E-state index contributed by atoms with van der Waals surface area (Å²) in [6.07, 6.45) is 3.48. The lowest BCUT2D eigenvalue weighted by atomic mass is 9.76. The van der Waals surface area contributed by atoms with Crippen molar-refractivity contribution in [3.05, 3.63) is 23.8 Å². The second-order valence-corrected chi connectivity index (χ2v) is 5.59. The van der Waals surface area contributed by atoms with Gasteiger partial charge < -0.3 is 16.2 Å². The zero-order chi connectivity index (χ0) is 14.0. The van der Waals surface area contributed by atoms with Gasteiger partial charge in [0.2, 0.25) is 0 Å². The zero-order valence-corrected chi connectivity index (χ0v) is 11.0. The van der Waals surface area contributed by atoms with Crippen LogP contribution in [0.25, 0.3) is 0 Å². The van der Waals surface area contributed by atoms with E-state index in [0.717, 1.165) is 31.7 Å². The molecule has 5 heteroatoms. The van der Waals surface area contributed by atoms with Crippen molar-refractivity contribution in [2.75, 3.05) is 17.7 Å². The number of nitrogens with two attached hydrogens (primary N) is 1. The summed E-state index contributed by atoms with van der Waals surface area (Å²) in [6.45, 7) is 1.98. The Hall–Kier alpha value is -1.36. The third kappa shape index (κ3) is 2.81. The highest BCUT2D eigenvalue weighted by atomic mass is 19.2. The average molecular weight is 270 g/mol. The molecular weight excluding hydrogens is 250 g/mol. The van der Waals surface area contributed by atoms with Crippen molar-refractivity contribution in [3.8, 4) is 0 Å².